The maximum atomic E-state index is 11.2. The summed E-state index contributed by atoms with van der Waals surface area (Å²) in [6, 6.07) is 6.92. The number of likely N-dealkylation sites (N-methyl/N-ethyl adjacent to an activating group) is 1. The van der Waals surface area contributed by atoms with Crippen molar-refractivity contribution >= 4 is 15.7 Å². The van der Waals surface area contributed by atoms with Crippen molar-refractivity contribution in [3.63, 3.8) is 0 Å². The van der Waals surface area contributed by atoms with Gasteiger partial charge in [-0.2, -0.15) is 0 Å². The van der Waals surface area contributed by atoms with Crippen LogP contribution >= 0.6 is 0 Å². The Morgan fingerprint density at radius 2 is 1.89 bits per heavy atom. The van der Waals surface area contributed by atoms with E-state index in [1.807, 2.05) is 7.05 Å². The number of nitrogens with zero attached hydrogens (tertiary/aromatic N) is 1. The van der Waals surface area contributed by atoms with Gasteiger partial charge >= 0.3 is 0 Å². The molecule has 5 nitrogen and oxygen atoms in total. The number of rotatable bonds is 5. The molecule has 0 radical (unpaired) electrons. The molecule has 0 saturated heterocycles. The van der Waals surface area contributed by atoms with Gasteiger partial charge in [-0.25, -0.2) is 13.6 Å². The second kappa shape index (κ2) is 4.87. The van der Waals surface area contributed by atoms with Gasteiger partial charge in [-0.05, 0) is 43.0 Å². The molecule has 1 fully saturated rings. The topological polar surface area (TPSA) is 89.4 Å². The highest BCUT2D eigenvalue weighted by Gasteiger charge is 2.33. The average molecular weight is 269 g/mol. The fraction of sp³-hybridized carbons (Fsp3) is 0.500. The lowest BCUT2D eigenvalue weighted by atomic mass is 10.1. The standard InChI is InChI=1S/C12H19N3O2S/c1-15(12(8-13)9-2-3-9)10-4-6-11(7-5-10)18(14,16)17/h4-7,9,12H,2-3,8,13H2,1H3,(H2,14,16,17). The minimum atomic E-state index is -3.62. The van der Waals surface area contributed by atoms with Crippen LogP contribution in [0.25, 0.3) is 0 Å². The van der Waals surface area contributed by atoms with E-state index in [2.05, 4.69) is 4.90 Å². The van der Waals surface area contributed by atoms with Gasteiger partial charge in [0.25, 0.3) is 0 Å². The summed E-state index contributed by atoms with van der Waals surface area (Å²) in [5.74, 6) is 0.665. The molecule has 6 heteroatoms. The number of sulfonamides is 1. The van der Waals surface area contributed by atoms with Crippen LogP contribution in [0.1, 0.15) is 12.8 Å². The summed E-state index contributed by atoms with van der Waals surface area (Å²) >= 11 is 0. The molecule has 4 N–H and O–H groups in total. The quantitative estimate of drug-likeness (QED) is 0.815. The lowest BCUT2D eigenvalue weighted by Crippen LogP contribution is -2.39. The smallest absolute Gasteiger partial charge is 0.238 e. The van der Waals surface area contributed by atoms with Crippen molar-refractivity contribution < 1.29 is 8.42 Å². The van der Waals surface area contributed by atoms with Crippen LogP contribution in [0.15, 0.2) is 29.2 Å². The Kier molecular flexibility index (Phi) is 3.61. The summed E-state index contributed by atoms with van der Waals surface area (Å²) in [7, 11) is -1.63. The molecule has 100 valence electrons. The number of hydrogen-bond acceptors (Lipinski definition) is 4. The maximum absolute atomic E-state index is 11.2. The van der Waals surface area contributed by atoms with Gasteiger partial charge in [0.15, 0.2) is 0 Å². The molecule has 0 bridgehead atoms. The van der Waals surface area contributed by atoms with Crippen LogP contribution < -0.4 is 15.8 Å². The van der Waals surface area contributed by atoms with Gasteiger partial charge in [0.05, 0.1) is 4.90 Å². The van der Waals surface area contributed by atoms with Crippen molar-refractivity contribution in [1.82, 2.24) is 0 Å². The molecule has 1 aliphatic rings. The van der Waals surface area contributed by atoms with Crippen LogP contribution in [-0.2, 0) is 10.0 Å². The average Bonchev–Trinajstić information content (AvgIpc) is 3.13. The molecule has 1 unspecified atom stereocenters. The minimum Gasteiger partial charge on any atom is -0.370 e. The van der Waals surface area contributed by atoms with E-state index in [-0.39, 0.29) is 4.90 Å². The predicted octanol–water partition coefficient (Wildman–Crippen LogP) is 0.507. The Bertz CT molecular complexity index is 509. The van der Waals surface area contributed by atoms with Crippen LogP contribution in [0.4, 0.5) is 5.69 Å². The van der Waals surface area contributed by atoms with Gasteiger partial charge in [-0.3, -0.25) is 0 Å². The van der Waals surface area contributed by atoms with Crippen molar-refractivity contribution in [1.29, 1.82) is 0 Å². The van der Waals surface area contributed by atoms with Crippen LogP contribution in [0, 0.1) is 5.92 Å². The number of hydrogen-bond donors (Lipinski definition) is 2. The normalized spacial score (nSPS) is 17.5. The molecule has 0 aromatic heterocycles. The summed E-state index contributed by atoms with van der Waals surface area (Å²) in [5.41, 5.74) is 6.76. The largest absolute Gasteiger partial charge is 0.370 e. The second-order valence-corrected chi connectivity index (χ2v) is 6.35. The molecule has 1 aromatic carbocycles. The van der Waals surface area contributed by atoms with Crippen LogP contribution in [0.3, 0.4) is 0 Å². The summed E-state index contributed by atoms with van der Waals surface area (Å²) in [6.45, 7) is 0.609. The van der Waals surface area contributed by atoms with Crippen molar-refractivity contribution in [2.45, 2.75) is 23.8 Å². The van der Waals surface area contributed by atoms with Gasteiger partial charge in [0.2, 0.25) is 10.0 Å². The Balaban J connectivity index is 2.18. The van der Waals surface area contributed by atoms with Gasteiger partial charge in [-0.1, -0.05) is 0 Å². The fourth-order valence-electron chi connectivity index (χ4n) is 2.21. The number of nitrogens with two attached hydrogens (primary N) is 2. The van der Waals surface area contributed by atoms with E-state index >= 15 is 0 Å². The number of anilines is 1. The zero-order valence-corrected chi connectivity index (χ0v) is 11.2. The van der Waals surface area contributed by atoms with Crippen molar-refractivity contribution in [2.24, 2.45) is 16.8 Å². The summed E-state index contributed by atoms with van der Waals surface area (Å²) in [5, 5.41) is 5.07. The SMILES string of the molecule is CN(c1ccc(S(N)(=O)=O)cc1)C(CN)C1CC1. The molecule has 1 aliphatic carbocycles. The lowest BCUT2D eigenvalue weighted by Gasteiger charge is -2.29. The zero-order valence-electron chi connectivity index (χ0n) is 10.4. The minimum absolute atomic E-state index is 0.135. The molecule has 18 heavy (non-hydrogen) atoms. The van der Waals surface area contributed by atoms with E-state index in [1.165, 1.54) is 25.0 Å². The first kappa shape index (κ1) is 13.3. The third-order valence-electron chi connectivity index (χ3n) is 3.48. The molecule has 0 aliphatic heterocycles. The lowest BCUT2D eigenvalue weighted by molar-refractivity contribution is 0.570. The molecule has 1 aromatic rings. The molecule has 0 spiro atoms. The molecular formula is C12H19N3O2S. The molecule has 1 atom stereocenters. The van der Waals surface area contributed by atoms with E-state index in [0.29, 0.717) is 18.5 Å². The van der Waals surface area contributed by atoms with Gasteiger partial charge in [0.1, 0.15) is 0 Å². The highest BCUT2D eigenvalue weighted by atomic mass is 32.2. The Labute approximate surface area is 108 Å². The van der Waals surface area contributed by atoms with E-state index < -0.39 is 10.0 Å². The molecular weight excluding hydrogens is 250 g/mol. The summed E-state index contributed by atoms with van der Waals surface area (Å²) < 4.78 is 22.3. The Morgan fingerprint density at radius 3 is 2.28 bits per heavy atom. The molecule has 1 saturated carbocycles. The number of benzene rings is 1. The first-order valence-corrected chi connectivity index (χ1v) is 7.54. The third kappa shape index (κ3) is 2.82. The third-order valence-corrected chi connectivity index (χ3v) is 4.41. The van der Waals surface area contributed by atoms with Gasteiger partial charge < -0.3 is 10.6 Å². The van der Waals surface area contributed by atoms with Crippen LogP contribution in [0.5, 0.6) is 0 Å². The monoisotopic (exact) mass is 269 g/mol. The van der Waals surface area contributed by atoms with Gasteiger partial charge in [-0.15, -0.1) is 0 Å². The van der Waals surface area contributed by atoms with Crippen LogP contribution in [-0.4, -0.2) is 28.1 Å². The highest BCUT2D eigenvalue weighted by Crippen LogP contribution is 2.36. The van der Waals surface area contributed by atoms with Crippen LogP contribution in [0.2, 0.25) is 0 Å². The molecule has 2 rings (SSSR count). The number of primary sulfonamides is 1. The van der Waals surface area contributed by atoms with E-state index in [0.717, 1.165) is 5.69 Å². The van der Waals surface area contributed by atoms with Gasteiger partial charge in [0, 0.05) is 25.3 Å². The van der Waals surface area contributed by atoms with E-state index in [4.69, 9.17) is 10.9 Å². The first-order valence-electron chi connectivity index (χ1n) is 5.99. The summed E-state index contributed by atoms with van der Waals surface area (Å²) in [6.07, 6.45) is 2.45. The fourth-order valence-corrected chi connectivity index (χ4v) is 2.73. The first-order chi connectivity index (χ1) is 8.43. The highest BCUT2D eigenvalue weighted by molar-refractivity contribution is 7.89. The van der Waals surface area contributed by atoms with Crippen molar-refractivity contribution in [2.75, 3.05) is 18.5 Å². The Hall–Kier alpha value is -1.11. The van der Waals surface area contributed by atoms with Crippen molar-refractivity contribution in [3.05, 3.63) is 24.3 Å². The van der Waals surface area contributed by atoms with E-state index in [1.54, 1.807) is 12.1 Å². The van der Waals surface area contributed by atoms with Crippen molar-refractivity contribution in [3.8, 4) is 0 Å². The van der Waals surface area contributed by atoms with E-state index in [9.17, 15) is 8.42 Å². The maximum Gasteiger partial charge on any atom is 0.238 e. The predicted molar refractivity (Wildman–Crippen MR) is 71.8 cm³/mol. The summed E-state index contributed by atoms with van der Waals surface area (Å²) in [4.78, 5) is 2.25. The zero-order chi connectivity index (χ0) is 13.3. The Morgan fingerprint density at radius 1 is 1.33 bits per heavy atom. The second-order valence-electron chi connectivity index (χ2n) is 4.79. The molecule has 0 amide bonds. The molecule has 0 heterocycles.